The number of carbonyl (C=O) groups excluding carboxylic acids is 1. The number of hydrogen-bond acceptors (Lipinski definition) is 5. The number of benzene rings is 1. The highest BCUT2D eigenvalue weighted by molar-refractivity contribution is 7.89. The Bertz CT molecular complexity index is 852. The molecule has 0 atom stereocenters. The number of nitrogens with two attached hydrogens (primary N) is 1. The number of ether oxygens (including phenoxy) is 1. The molecule has 0 aliphatic rings. The van der Waals surface area contributed by atoms with E-state index < -0.39 is 28.0 Å². The van der Waals surface area contributed by atoms with E-state index in [-0.39, 0.29) is 16.3 Å². The molecule has 128 valence electrons. The van der Waals surface area contributed by atoms with E-state index >= 15 is 0 Å². The average molecular weight is 361 g/mol. The van der Waals surface area contributed by atoms with Crippen LogP contribution in [0.2, 0.25) is 0 Å². The number of aromatic nitrogens is 1. The molecule has 0 aliphatic carbocycles. The quantitative estimate of drug-likeness (QED) is 0.864. The first-order chi connectivity index (χ1) is 11.0. The van der Waals surface area contributed by atoms with Gasteiger partial charge in [0.1, 0.15) is 11.4 Å². The molecule has 2 aromatic rings. The van der Waals surface area contributed by atoms with Gasteiger partial charge in [-0.25, -0.2) is 18.5 Å². The normalized spacial score (nSPS) is 11.8. The summed E-state index contributed by atoms with van der Waals surface area (Å²) in [4.78, 5) is 15.3. The van der Waals surface area contributed by atoms with Crippen LogP contribution in [0.4, 0.5) is 18.9 Å². The minimum absolute atomic E-state index is 0.129. The van der Waals surface area contributed by atoms with Crippen LogP contribution in [0.5, 0.6) is 5.75 Å². The van der Waals surface area contributed by atoms with E-state index in [2.05, 4.69) is 15.0 Å². The van der Waals surface area contributed by atoms with Crippen LogP contribution in [0.1, 0.15) is 10.5 Å². The highest BCUT2D eigenvalue weighted by Crippen LogP contribution is 2.22. The first-order valence-corrected chi connectivity index (χ1v) is 7.75. The largest absolute Gasteiger partial charge is 0.573 e. The molecular formula is C13H10F3N3O4S. The third-order valence-electron chi connectivity index (χ3n) is 2.62. The summed E-state index contributed by atoms with van der Waals surface area (Å²) in [6.45, 7) is 0. The lowest BCUT2D eigenvalue weighted by Crippen LogP contribution is -2.18. The van der Waals surface area contributed by atoms with E-state index in [4.69, 9.17) is 5.14 Å². The van der Waals surface area contributed by atoms with Gasteiger partial charge in [0.05, 0.1) is 11.1 Å². The summed E-state index contributed by atoms with van der Waals surface area (Å²) in [6.07, 6.45) is -4.12. The molecule has 0 bridgehead atoms. The second kappa shape index (κ2) is 6.45. The fourth-order valence-corrected chi connectivity index (χ4v) is 2.21. The van der Waals surface area contributed by atoms with Crippen LogP contribution in [0.15, 0.2) is 47.5 Å². The van der Waals surface area contributed by atoms with Gasteiger partial charge in [-0.1, -0.05) is 6.07 Å². The van der Waals surface area contributed by atoms with Gasteiger partial charge in [0, 0.05) is 5.69 Å². The number of nitrogens with zero attached hydrogens (tertiary/aromatic N) is 1. The SMILES string of the molecule is NS(=O)(=O)c1cccc(NC(=O)c2ccc(OC(F)(F)F)cn2)c1. The van der Waals surface area contributed by atoms with E-state index in [1.165, 1.54) is 18.2 Å². The summed E-state index contributed by atoms with van der Waals surface area (Å²) >= 11 is 0. The molecule has 0 saturated heterocycles. The lowest BCUT2D eigenvalue weighted by Gasteiger charge is -2.09. The van der Waals surface area contributed by atoms with Gasteiger partial charge in [-0.05, 0) is 30.3 Å². The van der Waals surface area contributed by atoms with Crippen molar-refractivity contribution in [3.63, 3.8) is 0 Å². The molecule has 1 heterocycles. The van der Waals surface area contributed by atoms with Gasteiger partial charge in [-0.3, -0.25) is 4.79 Å². The van der Waals surface area contributed by atoms with Crippen molar-refractivity contribution in [2.45, 2.75) is 11.3 Å². The number of carbonyl (C=O) groups is 1. The molecule has 1 amide bonds. The molecule has 2 rings (SSSR count). The van der Waals surface area contributed by atoms with E-state index in [9.17, 15) is 26.4 Å². The van der Waals surface area contributed by atoms with Crippen LogP contribution in [0.3, 0.4) is 0 Å². The smallest absolute Gasteiger partial charge is 0.404 e. The number of halogens is 3. The van der Waals surface area contributed by atoms with Gasteiger partial charge in [-0.2, -0.15) is 0 Å². The predicted octanol–water partition coefficient (Wildman–Crippen LogP) is 1.88. The van der Waals surface area contributed by atoms with Crippen LogP contribution < -0.4 is 15.2 Å². The Balaban J connectivity index is 2.13. The van der Waals surface area contributed by atoms with Crippen LogP contribution in [-0.4, -0.2) is 25.7 Å². The third-order valence-corrected chi connectivity index (χ3v) is 3.53. The number of anilines is 1. The van der Waals surface area contributed by atoms with Crippen molar-refractivity contribution < 1.29 is 31.1 Å². The number of nitrogens with one attached hydrogen (secondary N) is 1. The van der Waals surface area contributed by atoms with E-state index in [0.717, 1.165) is 24.4 Å². The van der Waals surface area contributed by atoms with E-state index in [1.54, 1.807) is 0 Å². The number of amides is 1. The maximum absolute atomic E-state index is 12.0. The highest BCUT2D eigenvalue weighted by atomic mass is 32.2. The molecule has 7 nitrogen and oxygen atoms in total. The molecule has 3 N–H and O–H groups in total. The van der Waals surface area contributed by atoms with Crippen molar-refractivity contribution in [1.29, 1.82) is 0 Å². The monoisotopic (exact) mass is 361 g/mol. The number of pyridine rings is 1. The van der Waals surface area contributed by atoms with Crippen molar-refractivity contribution in [3.05, 3.63) is 48.3 Å². The average Bonchev–Trinajstić information content (AvgIpc) is 2.45. The molecular weight excluding hydrogens is 351 g/mol. The number of hydrogen-bond donors (Lipinski definition) is 2. The van der Waals surface area contributed by atoms with E-state index in [1.807, 2.05) is 0 Å². The van der Waals surface area contributed by atoms with Gasteiger partial charge in [0.25, 0.3) is 5.91 Å². The zero-order valence-electron chi connectivity index (χ0n) is 11.7. The minimum atomic E-state index is -4.86. The molecule has 1 aromatic carbocycles. The third kappa shape index (κ3) is 4.93. The standard InChI is InChI=1S/C13H10F3N3O4S/c14-13(15,16)23-9-4-5-11(18-7-9)12(20)19-8-2-1-3-10(6-8)24(17,21)22/h1-7H,(H,19,20)(H2,17,21,22). The van der Waals surface area contributed by atoms with Gasteiger partial charge in [0.15, 0.2) is 0 Å². The van der Waals surface area contributed by atoms with Crippen LogP contribution in [0, 0.1) is 0 Å². The Morgan fingerprint density at radius 3 is 2.46 bits per heavy atom. The van der Waals surface area contributed by atoms with Gasteiger partial charge < -0.3 is 10.1 Å². The Labute approximate surface area is 134 Å². The number of alkyl halides is 3. The zero-order chi connectivity index (χ0) is 18.0. The maximum atomic E-state index is 12.0. The Morgan fingerprint density at radius 1 is 1.21 bits per heavy atom. The maximum Gasteiger partial charge on any atom is 0.573 e. The summed E-state index contributed by atoms with van der Waals surface area (Å²) in [5.41, 5.74) is -0.0607. The molecule has 0 spiro atoms. The molecule has 0 aliphatic heterocycles. The number of sulfonamides is 1. The van der Waals surface area contributed by atoms with Crippen LogP contribution >= 0.6 is 0 Å². The topological polar surface area (TPSA) is 111 Å². The van der Waals surface area contributed by atoms with Gasteiger partial charge >= 0.3 is 6.36 Å². The molecule has 0 saturated carbocycles. The van der Waals surface area contributed by atoms with Crippen LogP contribution in [-0.2, 0) is 10.0 Å². The molecule has 0 unspecified atom stereocenters. The first-order valence-electron chi connectivity index (χ1n) is 6.21. The van der Waals surface area contributed by atoms with Crippen molar-refractivity contribution in [2.75, 3.05) is 5.32 Å². The number of primary sulfonamides is 1. The summed E-state index contributed by atoms with van der Waals surface area (Å²) in [6, 6.07) is 7.10. The molecule has 24 heavy (non-hydrogen) atoms. The Hall–Kier alpha value is -2.66. The predicted molar refractivity (Wildman–Crippen MR) is 76.7 cm³/mol. The molecule has 1 aromatic heterocycles. The van der Waals surface area contributed by atoms with E-state index in [0.29, 0.717) is 0 Å². The summed E-state index contributed by atoms with van der Waals surface area (Å²) in [7, 11) is -3.94. The molecule has 0 radical (unpaired) electrons. The highest BCUT2D eigenvalue weighted by Gasteiger charge is 2.31. The second-order valence-electron chi connectivity index (χ2n) is 4.45. The summed E-state index contributed by atoms with van der Waals surface area (Å²) in [5.74, 6) is -1.32. The van der Waals surface area contributed by atoms with Crippen molar-refractivity contribution >= 4 is 21.6 Å². The second-order valence-corrected chi connectivity index (χ2v) is 6.02. The first kappa shape index (κ1) is 17.7. The fourth-order valence-electron chi connectivity index (χ4n) is 1.65. The lowest BCUT2D eigenvalue weighted by molar-refractivity contribution is -0.274. The number of rotatable bonds is 4. The van der Waals surface area contributed by atoms with Gasteiger partial charge in [-0.15, -0.1) is 13.2 Å². The Kier molecular flexibility index (Phi) is 4.76. The van der Waals surface area contributed by atoms with Crippen molar-refractivity contribution in [2.24, 2.45) is 5.14 Å². The van der Waals surface area contributed by atoms with Crippen LogP contribution in [0.25, 0.3) is 0 Å². The fraction of sp³-hybridized carbons (Fsp3) is 0.0769. The Morgan fingerprint density at radius 2 is 1.92 bits per heavy atom. The summed E-state index contributed by atoms with van der Waals surface area (Å²) < 4.78 is 62.2. The minimum Gasteiger partial charge on any atom is -0.404 e. The van der Waals surface area contributed by atoms with Crippen molar-refractivity contribution in [3.8, 4) is 5.75 Å². The van der Waals surface area contributed by atoms with Crippen molar-refractivity contribution in [1.82, 2.24) is 4.98 Å². The molecule has 0 fully saturated rings. The summed E-state index contributed by atoms with van der Waals surface area (Å²) in [5, 5.41) is 7.33. The zero-order valence-corrected chi connectivity index (χ0v) is 12.6. The lowest BCUT2D eigenvalue weighted by atomic mass is 10.3. The van der Waals surface area contributed by atoms with Gasteiger partial charge in [0.2, 0.25) is 10.0 Å². The molecule has 11 heteroatoms.